The van der Waals surface area contributed by atoms with E-state index in [2.05, 4.69) is 21.0 Å². The molecule has 0 bridgehead atoms. The highest BCUT2D eigenvalue weighted by Gasteiger charge is 2.49. The first-order chi connectivity index (χ1) is 13.6. The van der Waals surface area contributed by atoms with Crippen molar-refractivity contribution in [2.45, 2.75) is 19.8 Å². The molecule has 1 atom stereocenters. The molecule has 0 N–H and O–H groups in total. The van der Waals surface area contributed by atoms with Crippen LogP contribution in [-0.4, -0.2) is 47.4 Å². The third-order valence-corrected chi connectivity index (χ3v) is 5.31. The Morgan fingerprint density at radius 3 is 2.43 bits per heavy atom. The zero-order valence-corrected chi connectivity index (χ0v) is 17.0. The van der Waals surface area contributed by atoms with Crippen LogP contribution >= 0.6 is 15.9 Å². The molecule has 4 rings (SSSR count). The lowest BCUT2D eigenvalue weighted by molar-refractivity contribution is -0.534. The van der Waals surface area contributed by atoms with E-state index in [0.717, 1.165) is 21.5 Å². The van der Waals surface area contributed by atoms with Gasteiger partial charge in [-0.15, -0.1) is 0 Å². The Kier molecular flexibility index (Phi) is 5.13. The molecular weight excluding hydrogens is 424 g/mol. The SMILES string of the molecule is CCOc1ccc(N2CCN3C(=O)C(=O)[N+](Cc4ccc(Br)cc4)=NC32)cc1. The highest BCUT2D eigenvalue weighted by Crippen LogP contribution is 2.28. The van der Waals surface area contributed by atoms with Crippen molar-refractivity contribution in [3.8, 4) is 5.75 Å². The molecule has 144 valence electrons. The Morgan fingerprint density at radius 1 is 1.07 bits per heavy atom. The molecule has 0 spiro atoms. The van der Waals surface area contributed by atoms with Crippen LogP contribution < -0.4 is 9.64 Å². The van der Waals surface area contributed by atoms with E-state index in [1.54, 1.807) is 0 Å². The molecule has 28 heavy (non-hydrogen) atoms. The van der Waals surface area contributed by atoms with Gasteiger partial charge in [0.2, 0.25) is 6.54 Å². The summed E-state index contributed by atoms with van der Waals surface area (Å²) in [6, 6.07) is 15.3. The standard InChI is InChI=1S/C20H20BrN4O3/c1-2-28-17-9-7-16(8-10-17)23-11-12-24-18(26)19(27)25(22-20(23)24)13-14-3-5-15(21)6-4-14/h3-10,20H,2,11-13H2,1H3/q+1. The molecule has 8 heteroatoms. The van der Waals surface area contributed by atoms with Gasteiger partial charge in [-0.05, 0) is 48.0 Å². The van der Waals surface area contributed by atoms with E-state index < -0.39 is 18.1 Å². The van der Waals surface area contributed by atoms with Gasteiger partial charge < -0.3 is 9.64 Å². The fourth-order valence-corrected chi connectivity index (χ4v) is 3.66. The first-order valence-electron chi connectivity index (χ1n) is 9.14. The number of nitrogens with zero attached hydrogens (tertiary/aromatic N) is 4. The van der Waals surface area contributed by atoms with Crippen LogP contribution in [0.25, 0.3) is 0 Å². The predicted octanol–water partition coefficient (Wildman–Crippen LogP) is 2.99. The molecule has 2 amide bonds. The summed E-state index contributed by atoms with van der Waals surface area (Å²) in [5.74, 6) is -0.302. The maximum atomic E-state index is 12.6. The number of amides is 2. The maximum Gasteiger partial charge on any atom is 0.502 e. The van der Waals surface area contributed by atoms with Crippen LogP contribution in [0.4, 0.5) is 5.69 Å². The van der Waals surface area contributed by atoms with Crippen LogP contribution in [0.5, 0.6) is 5.75 Å². The number of carbonyl (C=O) groups is 2. The van der Waals surface area contributed by atoms with Gasteiger partial charge in [0.05, 0.1) is 6.61 Å². The van der Waals surface area contributed by atoms with E-state index in [1.807, 2.05) is 60.4 Å². The summed E-state index contributed by atoms with van der Waals surface area (Å²) in [4.78, 5) is 28.6. The lowest BCUT2D eigenvalue weighted by Crippen LogP contribution is -2.51. The maximum absolute atomic E-state index is 12.6. The fraction of sp³-hybridized carbons (Fsp3) is 0.300. The number of hydrogen-bond acceptors (Lipinski definition) is 5. The average molecular weight is 444 g/mol. The Balaban J connectivity index is 1.61. The third-order valence-electron chi connectivity index (χ3n) is 4.79. The zero-order chi connectivity index (χ0) is 19.7. The topological polar surface area (TPSA) is 65.2 Å². The van der Waals surface area contributed by atoms with Gasteiger partial charge in [0.15, 0.2) is 0 Å². The van der Waals surface area contributed by atoms with Crippen molar-refractivity contribution in [1.29, 1.82) is 0 Å². The molecule has 0 aliphatic carbocycles. The summed E-state index contributed by atoms with van der Waals surface area (Å²) in [7, 11) is 0. The van der Waals surface area contributed by atoms with Gasteiger partial charge in [-0.1, -0.05) is 28.1 Å². The number of rotatable bonds is 5. The Bertz CT molecular complexity index is 927. The van der Waals surface area contributed by atoms with Gasteiger partial charge in [0, 0.05) is 33.9 Å². The lowest BCUT2D eigenvalue weighted by Gasteiger charge is -2.27. The van der Waals surface area contributed by atoms with Gasteiger partial charge in [-0.3, -0.25) is 9.69 Å². The average Bonchev–Trinajstić information content (AvgIpc) is 3.12. The van der Waals surface area contributed by atoms with Gasteiger partial charge >= 0.3 is 11.8 Å². The predicted molar refractivity (Wildman–Crippen MR) is 106 cm³/mol. The molecule has 0 aromatic heterocycles. The number of benzene rings is 2. The summed E-state index contributed by atoms with van der Waals surface area (Å²) < 4.78 is 7.72. The molecule has 7 nitrogen and oxygen atoms in total. The van der Waals surface area contributed by atoms with Crippen molar-refractivity contribution in [3.63, 3.8) is 0 Å². The van der Waals surface area contributed by atoms with Crippen molar-refractivity contribution in [2.24, 2.45) is 5.11 Å². The number of anilines is 1. The van der Waals surface area contributed by atoms with Crippen molar-refractivity contribution >= 4 is 33.4 Å². The smallest absolute Gasteiger partial charge is 0.494 e. The van der Waals surface area contributed by atoms with E-state index in [9.17, 15) is 9.59 Å². The van der Waals surface area contributed by atoms with E-state index in [-0.39, 0.29) is 6.54 Å². The number of azo groups is 2. The molecular formula is C20H20BrN4O3+. The normalized spacial score (nSPS) is 18.9. The van der Waals surface area contributed by atoms with Crippen LogP contribution in [-0.2, 0) is 16.1 Å². The van der Waals surface area contributed by atoms with Crippen molar-refractivity contribution in [2.75, 3.05) is 24.6 Å². The van der Waals surface area contributed by atoms with Gasteiger partial charge in [-0.2, -0.15) is 0 Å². The Hall–Kier alpha value is -2.74. The van der Waals surface area contributed by atoms with Crippen molar-refractivity contribution < 1.29 is 19.0 Å². The summed E-state index contributed by atoms with van der Waals surface area (Å²) in [5.41, 5.74) is 1.85. The first-order valence-corrected chi connectivity index (χ1v) is 9.93. The molecule has 1 unspecified atom stereocenters. The largest absolute Gasteiger partial charge is 0.502 e. The molecule has 2 aromatic carbocycles. The van der Waals surface area contributed by atoms with Crippen molar-refractivity contribution in [1.82, 2.24) is 4.90 Å². The minimum Gasteiger partial charge on any atom is -0.494 e. The van der Waals surface area contributed by atoms with Gasteiger partial charge in [0.25, 0.3) is 6.29 Å². The Morgan fingerprint density at radius 2 is 1.75 bits per heavy atom. The highest BCUT2D eigenvalue weighted by atomic mass is 79.9. The number of fused-ring (bicyclic) bond motifs is 1. The quantitative estimate of drug-likeness (QED) is 0.526. The van der Waals surface area contributed by atoms with Crippen LogP contribution in [0.1, 0.15) is 12.5 Å². The number of carbonyl (C=O) groups excluding carboxylic acids is 2. The summed E-state index contributed by atoms with van der Waals surface area (Å²) in [6.07, 6.45) is -0.515. The summed E-state index contributed by atoms with van der Waals surface area (Å²) >= 11 is 3.40. The highest BCUT2D eigenvalue weighted by molar-refractivity contribution is 9.10. The van der Waals surface area contributed by atoms with E-state index >= 15 is 0 Å². The van der Waals surface area contributed by atoms with Crippen LogP contribution in [0.2, 0.25) is 0 Å². The number of hydrogen-bond donors (Lipinski definition) is 0. The second-order valence-electron chi connectivity index (χ2n) is 6.57. The zero-order valence-electron chi connectivity index (χ0n) is 15.4. The van der Waals surface area contributed by atoms with Crippen LogP contribution in [0.3, 0.4) is 0 Å². The minimum atomic E-state index is -0.590. The molecule has 1 saturated heterocycles. The molecule has 0 saturated carbocycles. The van der Waals surface area contributed by atoms with Gasteiger partial charge in [-0.25, -0.2) is 4.79 Å². The van der Waals surface area contributed by atoms with Crippen LogP contribution in [0, 0.1) is 0 Å². The van der Waals surface area contributed by atoms with Gasteiger partial charge in [0.1, 0.15) is 5.75 Å². The molecule has 1 fully saturated rings. The molecule has 0 radical (unpaired) electrons. The first kappa shape index (κ1) is 18.6. The molecule has 2 aliphatic rings. The van der Waals surface area contributed by atoms with Crippen LogP contribution in [0.15, 0.2) is 58.1 Å². The number of halogens is 1. The molecule has 2 aromatic rings. The van der Waals surface area contributed by atoms with E-state index in [0.29, 0.717) is 19.7 Å². The van der Waals surface area contributed by atoms with E-state index in [4.69, 9.17) is 4.74 Å². The van der Waals surface area contributed by atoms with Crippen molar-refractivity contribution in [3.05, 3.63) is 58.6 Å². The molecule has 2 aliphatic heterocycles. The minimum absolute atomic E-state index is 0.263. The fourth-order valence-electron chi connectivity index (χ4n) is 3.39. The second kappa shape index (κ2) is 7.71. The monoisotopic (exact) mass is 443 g/mol. The third kappa shape index (κ3) is 3.52. The summed E-state index contributed by atoms with van der Waals surface area (Å²) in [5, 5.41) is 4.58. The number of ether oxygens (including phenoxy) is 1. The lowest BCUT2D eigenvalue weighted by atomic mass is 10.2. The second-order valence-corrected chi connectivity index (χ2v) is 7.49. The summed E-state index contributed by atoms with van der Waals surface area (Å²) in [6.45, 7) is 3.90. The van der Waals surface area contributed by atoms with E-state index in [1.165, 1.54) is 9.60 Å². The molecule has 2 heterocycles. The Labute approximate surface area is 171 Å².